The highest BCUT2D eigenvalue weighted by Gasteiger charge is 2.27. The van der Waals surface area contributed by atoms with Crippen molar-refractivity contribution in [2.45, 2.75) is 6.17 Å². The van der Waals surface area contributed by atoms with E-state index in [-0.39, 0.29) is 0 Å². The van der Waals surface area contributed by atoms with Crippen molar-refractivity contribution in [3.63, 3.8) is 0 Å². The first-order chi connectivity index (χ1) is 36.7. The lowest BCUT2D eigenvalue weighted by molar-refractivity contribution is 0.669. The number of para-hydroxylation sites is 1. The summed E-state index contributed by atoms with van der Waals surface area (Å²) in [5.74, 6) is 1.49. The summed E-state index contributed by atoms with van der Waals surface area (Å²) in [4.78, 5) is 11.2. The Hall–Kier alpha value is -9.14. The number of benzene rings is 11. The van der Waals surface area contributed by atoms with E-state index in [1.54, 1.807) is 0 Å². The molecule has 0 fully saturated rings. The maximum atomic E-state index is 6.63. The second kappa shape index (κ2) is 16.2. The quantitative estimate of drug-likeness (QED) is 0.180. The van der Waals surface area contributed by atoms with E-state index in [0.717, 1.165) is 72.3 Å². The molecule has 0 saturated carbocycles. The van der Waals surface area contributed by atoms with Crippen LogP contribution in [-0.2, 0) is 0 Å². The number of nitrogens with one attached hydrogen (secondary N) is 1. The van der Waals surface area contributed by atoms with Gasteiger partial charge in [0.2, 0.25) is 0 Å². The van der Waals surface area contributed by atoms with E-state index in [0.29, 0.717) is 5.84 Å². The molecule has 11 aromatic carbocycles. The normalized spacial score (nSPS) is 14.1. The van der Waals surface area contributed by atoms with Crippen LogP contribution in [0.15, 0.2) is 245 Å². The minimum Gasteiger partial charge on any atom is -0.456 e. The van der Waals surface area contributed by atoms with E-state index in [1.807, 2.05) is 28.7 Å². The Kier molecular flexibility index (Phi) is 9.07. The van der Waals surface area contributed by atoms with Crippen molar-refractivity contribution in [3.8, 4) is 27.9 Å². The van der Waals surface area contributed by atoms with Crippen LogP contribution in [0.4, 0.5) is 0 Å². The van der Waals surface area contributed by atoms with Gasteiger partial charge in [-0.3, -0.25) is 0 Å². The Labute approximate surface area is 432 Å². The fourth-order valence-electron chi connectivity index (χ4n) is 11.7. The Morgan fingerprint density at radius 2 is 1.04 bits per heavy atom. The molecule has 7 heteroatoms. The lowest BCUT2D eigenvalue weighted by Gasteiger charge is -2.25. The van der Waals surface area contributed by atoms with Crippen molar-refractivity contribution in [2.24, 2.45) is 9.98 Å². The summed E-state index contributed by atoms with van der Waals surface area (Å²) in [6.07, 6.45) is -0.493. The van der Waals surface area contributed by atoms with Crippen molar-refractivity contribution in [2.75, 3.05) is 0 Å². The van der Waals surface area contributed by atoms with Gasteiger partial charge in [-0.05, 0) is 106 Å². The van der Waals surface area contributed by atoms with E-state index in [2.05, 4.69) is 234 Å². The van der Waals surface area contributed by atoms with Crippen LogP contribution < -0.4 is 5.32 Å². The number of nitrogens with zero attached hydrogens (tertiary/aromatic N) is 3. The zero-order valence-corrected chi connectivity index (χ0v) is 41.2. The molecule has 1 aliphatic heterocycles. The highest BCUT2D eigenvalue weighted by Crippen LogP contribution is 2.45. The molecule has 4 aromatic heterocycles. The first kappa shape index (κ1) is 41.5. The molecular weight excluding hydrogens is 941 g/mol. The monoisotopic (exact) mass is 980 g/mol. The maximum absolute atomic E-state index is 6.63. The maximum Gasteiger partial charge on any atom is 0.160 e. The van der Waals surface area contributed by atoms with E-state index in [4.69, 9.17) is 14.4 Å². The first-order valence-corrected chi connectivity index (χ1v) is 26.6. The van der Waals surface area contributed by atoms with Gasteiger partial charge < -0.3 is 14.3 Å². The smallest absolute Gasteiger partial charge is 0.160 e. The number of rotatable bonds is 6. The fraction of sp³-hybridized carbons (Fsp3) is 0.0149. The Morgan fingerprint density at radius 3 is 1.84 bits per heavy atom. The SMILES string of the molecule is c1ccc(-c2cccc3c2c2cc4ccccc4cc2n3-c2ccc(C3N=C(c4cccc5sc6ccccc6c45)N=C(c4cccc5sc6ccccc6c45)N3)cc2-c2ccc3c(c2)oc2ccccc23)cc1. The van der Waals surface area contributed by atoms with Gasteiger partial charge in [0.15, 0.2) is 5.84 Å². The lowest BCUT2D eigenvalue weighted by atomic mass is 9.97. The first-order valence-electron chi connectivity index (χ1n) is 25.0. The van der Waals surface area contributed by atoms with Crippen molar-refractivity contribution in [1.29, 1.82) is 0 Å². The number of aliphatic imine (C=N–C) groups is 2. The van der Waals surface area contributed by atoms with Crippen LogP contribution in [0.1, 0.15) is 22.9 Å². The number of aromatic nitrogens is 1. The third-order valence-electron chi connectivity index (χ3n) is 15.1. The average Bonchev–Trinajstić information content (AvgIpc) is 4.23. The number of furan rings is 1. The van der Waals surface area contributed by atoms with Gasteiger partial charge in [0, 0.05) is 78.6 Å². The summed E-state index contributed by atoms with van der Waals surface area (Å²) in [5, 5.41) is 15.8. The molecule has 0 spiro atoms. The van der Waals surface area contributed by atoms with Crippen molar-refractivity contribution < 1.29 is 4.42 Å². The number of hydrogen-bond donors (Lipinski definition) is 1. The summed E-state index contributed by atoms with van der Waals surface area (Å²) in [5.41, 5.74) is 12.6. The van der Waals surface area contributed by atoms with Gasteiger partial charge in [-0.1, -0.05) is 158 Å². The second-order valence-electron chi connectivity index (χ2n) is 19.2. The number of amidine groups is 2. The Bertz CT molecular complexity index is 4900. The third-order valence-corrected chi connectivity index (χ3v) is 17.3. The van der Waals surface area contributed by atoms with Gasteiger partial charge in [-0.15, -0.1) is 22.7 Å². The van der Waals surface area contributed by atoms with Gasteiger partial charge >= 0.3 is 0 Å². The zero-order valence-electron chi connectivity index (χ0n) is 39.6. The molecule has 0 radical (unpaired) electrons. The van der Waals surface area contributed by atoms with Gasteiger partial charge in [0.05, 0.1) is 16.7 Å². The van der Waals surface area contributed by atoms with Crippen LogP contribution in [0.5, 0.6) is 0 Å². The van der Waals surface area contributed by atoms with E-state index in [1.165, 1.54) is 73.0 Å². The average molecular weight is 981 g/mol. The predicted octanol–water partition coefficient (Wildman–Crippen LogP) is 18.4. The number of thiophene rings is 2. The molecule has 15 aromatic rings. The minimum atomic E-state index is -0.493. The van der Waals surface area contributed by atoms with Crippen LogP contribution >= 0.6 is 22.7 Å². The third kappa shape index (κ3) is 6.34. The Balaban J connectivity index is 0.963. The predicted molar refractivity (Wildman–Crippen MR) is 314 cm³/mol. The highest BCUT2D eigenvalue weighted by molar-refractivity contribution is 7.26. The van der Waals surface area contributed by atoms with Gasteiger partial charge in [0.25, 0.3) is 0 Å². The van der Waals surface area contributed by atoms with Crippen LogP contribution in [0.25, 0.3) is 123 Å². The molecule has 5 nitrogen and oxygen atoms in total. The minimum absolute atomic E-state index is 0.493. The van der Waals surface area contributed by atoms with Crippen LogP contribution in [-0.4, -0.2) is 16.2 Å². The summed E-state index contributed by atoms with van der Waals surface area (Å²) in [6, 6.07) is 83.4. The topological polar surface area (TPSA) is 54.8 Å². The summed E-state index contributed by atoms with van der Waals surface area (Å²) in [7, 11) is 0. The molecule has 0 bridgehead atoms. The summed E-state index contributed by atoms with van der Waals surface area (Å²) in [6.45, 7) is 0. The molecule has 0 amide bonds. The molecule has 74 heavy (non-hydrogen) atoms. The standard InChI is InChI=1S/C67H40N4OS2/c1-2-15-39(16-3-1)44-22-12-25-54-62(44)52-35-40-17-4-5-18-41(40)37-55(52)71(54)53-34-32-43(36-51(53)42-31-33-46-45-19-6-9-26-56(45)72-57(46)38-42)65-68-66(49-23-13-29-60-63(49)47-20-7-10-27-58(47)73-60)70-67(69-65)50-24-14-30-61-64(50)48-21-8-11-28-59(48)74-61/h1-38,65H,(H,68,69,70). The second-order valence-corrected chi connectivity index (χ2v) is 21.4. The molecule has 16 rings (SSSR count). The Morgan fingerprint density at radius 1 is 0.405 bits per heavy atom. The largest absolute Gasteiger partial charge is 0.456 e. The molecular formula is C67H40N4OS2. The number of fused-ring (bicyclic) bond motifs is 13. The van der Waals surface area contributed by atoms with Crippen molar-refractivity contribution >= 4 is 129 Å². The van der Waals surface area contributed by atoms with E-state index < -0.39 is 6.17 Å². The molecule has 1 atom stereocenters. The lowest BCUT2D eigenvalue weighted by Crippen LogP contribution is -2.33. The van der Waals surface area contributed by atoms with Gasteiger partial charge in [0.1, 0.15) is 23.2 Å². The van der Waals surface area contributed by atoms with Gasteiger partial charge in [-0.25, -0.2) is 9.98 Å². The molecule has 1 aliphatic rings. The van der Waals surface area contributed by atoms with Crippen molar-refractivity contribution in [1.82, 2.24) is 9.88 Å². The fourth-order valence-corrected chi connectivity index (χ4v) is 14.0. The zero-order chi connectivity index (χ0) is 48.4. The molecule has 0 aliphatic carbocycles. The van der Waals surface area contributed by atoms with E-state index in [9.17, 15) is 0 Å². The van der Waals surface area contributed by atoms with Gasteiger partial charge in [-0.2, -0.15) is 0 Å². The van der Waals surface area contributed by atoms with Crippen molar-refractivity contribution in [3.05, 3.63) is 247 Å². The van der Waals surface area contributed by atoms with Crippen LogP contribution in [0, 0.1) is 0 Å². The van der Waals surface area contributed by atoms with Crippen LogP contribution in [0.3, 0.4) is 0 Å². The number of hydrogen-bond acceptors (Lipinski definition) is 6. The van der Waals surface area contributed by atoms with E-state index >= 15 is 0 Å². The summed E-state index contributed by atoms with van der Waals surface area (Å²) >= 11 is 3.63. The molecule has 1 N–H and O–H groups in total. The molecule has 5 heterocycles. The molecule has 0 saturated heterocycles. The highest BCUT2D eigenvalue weighted by atomic mass is 32.1. The summed E-state index contributed by atoms with van der Waals surface area (Å²) < 4.78 is 14.0. The molecule has 1 unspecified atom stereocenters. The van der Waals surface area contributed by atoms with Crippen LogP contribution in [0.2, 0.25) is 0 Å². The molecule has 346 valence electrons.